The summed E-state index contributed by atoms with van der Waals surface area (Å²) in [6.45, 7) is 1.43. The van der Waals surface area contributed by atoms with E-state index in [-0.39, 0.29) is 30.1 Å². The zero-order valence-corrected chi connectivity index (χ0v) is 15.0. The summed E-state index contributed by atoms with van der Waals surface area (Å²) in [6.07, 6.45) is 2.77. The molecule has 2 aromatic carbocycles. The maximum absolute atomic E-state index is 13.8. The van der Waals surface area contributed by atoms with Gasteiger partial charge in [0.2, 0.25) is 5.91 Å². The molecule has 1 heterocycles. The van der Waals surface area contributed by atoms with Crippen LogP contribution in [0.25, 0.3) is 0 Å². The maximum Gasteiger partial charge on any atom is 0.236 e. The van der Waals surface area contributed by atoms with E-state index in [1.807, 2.05) is 6.07 Å². The minimum atomic E-state index is -0.294. The number of hydrogen-bond acceptors (Lipinski definition) is 2. The van der Waals surface area contributed by atoms with Gasteiger partial charge in [0.1, 0.15) is 11.6 Å². The number of halogens is 2. The van der Waals surface area contributed by atoms with Crippen molar-refractivity contribution in [2.75, 3.05) is 20.1 Å². The average Bonchev–Trinajstić information content (AvgIpc) is 3.03. The Hall–Kier alpha value is -2.27. The van der Waals surface area contributed by atoms with Crippen molar-refractivity contribution in [2.24, 2.45) is 0 Å². The molecule has 1 atom stereocenters. The van der Waals surface area contributed by atoms with Crippen LogP contribution in [0.4, 0.5) is 8.78 Å². The van der Waals surface area contributed by atoms with Crippen LogP contribution in [0.2, 0.25) is 0 Å². The van der Waals surface area contributed by atoms with Gasteiger partial charge in [-0.05, 0) is 49.6 Å². The van der Waals surface area contributed by atoms with Gasteiger partial charge in [-0.15, -0.1) is 0 Å². The largest absolute Gasteiger partial charge is 0.340 e. The molecule has 1 fully saturated rings. The van der Waals surface area contributed by atoms with Gasteiger partial charge in [-0.1, -0.05) is 30.3 Å². The monoisotopic (exact) mass is 358 g/mol. The number of benzene rings is 2. The van der Waals surface area contributed by atoms with Crippen molar-refractivity contribution in [3.8, 4) is 0 Å². The summed E-state index contributed by atoms with van der Waals surface area (Å²) in [6, 6.07) is 13.4. The zero-order valence-electron chi connectivity index (χ0n) is 15.0. The van der Waals surface area contributed by atoms with Gasteiger partial charge in [0.25, 0.3) is 0 Å². The zero-order chi connectivity index (χ0) is 18.5. The highest BCUT2D eigenvalue weighted by Gasteiger charge is 2.27. The maximum atomic E-state index is 13.8. The second-order valence-corrected chi connectivity index (χ2v) is 6.94. The molecule has 2 aromatic rings. The van der Waals surface area contributed by atoms with Crippen LogP contribution in [0.5, 0.6) is 0 Å². The summed E-state index contributed by atoms with van der Waals surface area (Å²) < 4.78 is 27.2. The first kappa shape index (κ1) is 18.5. The molecule has 1 aliphatic heterocycles. The Balaban J connectivity index is 1.58. The molecule has 0 N–H and O–H groups in total. The molecule has 0 aromatic heterocycles. The van der Waals surface area contributed by atoms with Crippen molar-refractivity contribution in [1.82, 2.24) is 9.80 Å². The quantitative estimate of drug-likeness (QED) is 0.787. The third kappa shape index (κ3) is 4.67. The molecule has 3 nitrogen and oxygen atoms in total. The van der Waals surface area contributed by atoms with Gasteiger partial charge >= 0.3 is 0 Å². The van der Waals surface area contributed by atoms with E-state index >= 15 is 0 Å². The van der Waals surface area contributed by atoms with E-state index < -0.39 is 0 Å². The first-order valence-corrected chi connectivity index (χ1v) is 8.99. The fraction of sp³-hybridized carbons (Fsp3) is 0.381. The number of likely N-dealkylation sites (tertiary alicyclic amines) is 1. The van der Waals surface area contributed by atoms with E-state index in [9.17, 15) is 13.6 Å². The average molecular weight is 358 g/mol. The molecule has 26 heavy (non-hydrogen) atoms. The van der Waals surface area contributed by atoms with Crippen LogP contribution < -0.4 is 0 Å². The van der Waals surface area contributed by atoms with Crippen LogP contribution >= 0.6 is 0 Å². The molecular formula is C21H24F2N2O. The van der Waals surface area contributed by atoms with E-state index in [0.717, 1.165) is 31.4 Å². The van der Waals surface area contributed by atoms with Crippen molar-refractivity contribution in [1.29, 1.82) is 0 Å². The first-order valence-electron chi connectivity index (χ1n) is 8.99. The van der Waals surface area contributed by atoms with Crippen molar-refractivity contribution < 1.29 is 13.6 Å². The molecule has 1 unspecified atom stereocenters. The summed E-state index contributed by atoms with van der Waals surface area (Å²) in [5.74, 6) is -0.551. The Morgan fingerprint density at radius 3 is 2.77 bits per heavy atom. The number of rotatable bonds is 6. The van der Waals surface area contributed by atoms with E-state index in [2.05, 4.69) is 4.90 Å². The lowest BCUT2D eigenvalue weighted by Gasteiger charge is -2.27. The minimum absolute atomic E-state index is 0.0283. The lowest BCUT2D eigenvalue weighted by Crippen LogP contribution is -2.41. The van der Waals surface area contributed by atoms with Crippen LogP contribution in [-0.4, -0.2) is 41.9 Å². The van der Waals surface area contributed by atoms with Crippen molar-refractivity contribution in [3.63, 3.8) is 0 Å². The molecule has 1 aliphatic rings. The number of carbonyl (C=O) groups excluding carboxylic acids is 1. The first-order chi connectivity index (χ1) is 12.5. The highest BCUT2D eigenvalue weighted by molar-refractivity contribution is 5.78. The van der Waals surface area contributed by atoms with Gasteiger partial charge in [0.15, 0.2) is 0 Å². The van der Waals surface area contributed by atoms with E-state index in [4.69, 9.17) is 0 Å². The Kier molecular flexibility index (Phi) is 5.99. The Labute approximate surface area is 153 Å². The Bertz CT molecular complexity index is 765. The lowest BCUT2D eigenvalue weighted by atomic mass is 10.0. The molecule has 138 valence electrons. The molecular weight excluding hydrogens is 334 g/mol. The molecule has 0 radical (unpaired) electrons. The number of nitrogens with zero attached hydrogens (tertiary/aromatic N) is 2. The predicted molar refractivity (Wildman–Crippen MR) is 97.6 cm³/mol. The summed E-state index contributed by atoms with van der Waals surface area (Å²) in [7, 11) is 1.70. The molecule has 0 saturated carbocycles. The minimum Gasteiger partial charge on any atom is -0.340 e. The second-order valence-electron chi connectivity index (χ2n) is 6.94. The van der Waals surface area contributed by atoms with E-state index in [0.29, 0.717) is 12.1 Å². The van der Waals surface area contributed by atoms with Gasteiger partial charge in [0, 0.05) is 25.2 Å². The third-order valence-electron chi connectivity index (χ3n) is 4.99. The van der Waals surface area contributed by atoms with Crippen molar-refractivity contribution in [2.45, 2.75) is 31.8 Å². The highest BCUT2D eigenvalue weighted by Crippen LogP contribution is 2.21. The Morgan fingerprint density at radius 1 is 1.19 bits per heavy atom. The van der Waals surface area contributed by atoms with Crippen LogP contribution in [0.15, 0.2) is 48.5 Å². The van der Waals surface area contributed by atoms with E-state index in [1.165, 1.54) is 12.1 Å². The smallest absolute Gasteiger partial charge is 0.236 e. The van der Waals surface area contributed by atoms with Crippen molar-refractivity contribution >= 4 is 5.91 Å². The topological polar surface area (TPSA) is 23.6 Å². The molecule has 1 saturated heterocycles. The van der Waals surface area contributed by atoms with Gasteiger partial charge in [0.05, 0.1) is 6.54 Å². The van der Waals surface area contributed by atoms with Crippen molar-refractivity contribution in [3.05, 3.63) is 71.3 Å². The summed E-state index contributed by atoms with van der Waals surface area (Å²) >= 11 is 0. The van der Waals surface area contributed by atoms with Gasteiger partial charge in [-0.25, -0.2) is 8.78 Å². The summed E-state index contributed by atoms with van der Waals surface area (Å²) in [5, 5.41) is 0. The molecule has 0 spiro atoms. The SMILES string of the molecule is CN(Cc1ccccc1F)C(=O)CN1CCCC1Cc1cccc(F)c1. The third-order valence-corrected chi connectivity index (χ3v) is 4.99. The fourth-order valence-corrected chi connectivity index (χ4v) is 3.54. The van der Waals surface area contributed by atoms with Crippen LogP contribution in [-0.2, 0) is 17.8 Å². The molecule has 5 heteroatoms. The van der Waals surface area contributed by atoms with Gasteiger partial charge < -0.3 is 4.90 Å². The van der Waals surface area contributed by atoms with Gasteiger partial charge in [-0.3, -0.25) is 9.69 Å². The fourth-order valence-electron chi connectivity index (χ4n) is 3.54. The van der Waals surface area contributed by atoms with Crippen LogP contribution in [0, 0.1) is 11.6 Å². The number of amides is 1. The number of carbonyl (C=O) groups is 1. The van der Waals surface area contributed by atoms with Crippen LogP contribution in [0.1, 0.15) is 24.0 Å². The van der Waals surface area contributed by atoms with Gasteiger partial charge in [-0.2, -0.15) is 0 Å². The van der Waals surface area contributed by atoms with E-state index in [1.54, 1.807) is 42.3 Å². The predicted octanol–water partition coefficient (Wildman–Crippen LogP) is 3.63. The standard InChI is InChI=1S/C21H24F2N2O/c1-24(14-17-7-2-3-10-20(17)23)21(26)15-25-11-5-9-19(25)13-16-6-4-8-18(22)12-16/h2-4,6-8,10,12,19H,5,9,11,13-15H2,1H3. The Morgan fingerprint density at radius 2 is 2.00 bits per heavy atom. The normalized spacial score (nSPS) is 17.4. The molecule has 0 bridgehead atoms. The van der Waals surface area contributed by atoms with Crippen LogP contribution in [0.3, 0.4) is 0 Å². The molecule has 0 aliphatic carbocycles. The number of likely N-dealkylation sites (N-methyl/N-ethyl adjacent to an activating group) is 1. The summed E-state index contributed by atoms with van der Waals surface area (Å²) in [5.41, 5.74) is 1.47. The number of hydrogen-bond donors (Lipinski definition) is 0. The molecule has 1 amide bonds. The lowest BCUT2D eigenvalue weighted by molar-refractivity contribution is -0.131. The molecule has 3 rings (SSSR count). The highest BCUT2D eigenvalue weighted by atomic mass is 19.1. The summed E-state index contributed by atoms with van der Waals surface area (Å²) in [4.78, 5) is 16.3. The second kappa shape index (κ2) is 8.41.